The van der Waals surface area contributed by atoms with E-state index in [1.165, 1.54) is 11.6 Å². The normalized spacial score (nSPS) is 10.6. The van der Waals surface area contributed by atoms with Crippen molar-refractivity contribution in [3.05, 3.63) is 65.4 Å². The first-order valence-corrected chi connectivity index (χ1v) is 6.69. The molecule has 1 aromatic carbocycles. The van der Waals surface area contributed by atoms with Gasteiger partial charge in [-0.2, -0.15) is 0 Å². The summed E-state index contributed by atoms with van der Waals surface area (Å²) < 4.78 is 4.98. The van der Waals surface area contributed by atoms with Gasteiger partial charge in [0.25, 0.3) is 0 Å². The summed E-state index contributed by atoms with van der Waals surface area (Å²) in [6.45, 7) is 2.46. The van der Waals surface area contributed by atoms with Crippen LogP contribution in [0.1, 0.15) is 16.7 Å². The third-order valence-corrected chi connectivity index (χ3v) is 2.94. The van der Waals surface area contributed by atoms with Crippen LogP contribution in [0.5, 0.6) is 5.88 Å². The van der Waals surface area contributed by atoms with Crippen LogP contribution >= 0.6 is 0 Å². The molecule has 0 aliphatic heterocycles. The number of methoxy groups -OCH3 is 1. The van der Waals surface area contributed by atoms with Gasteiger partial charge in [0.15, 0.2) is 0 Å². The van der Waals surface area contributed by atoms with E-state index in [2.05, 4.69) is 10.3 Å². The highest BCUT2D eigenvalue weighted by molar-refractivity contribution is 5.91. The lowest BCUT2D eigenvalue weighted by Crippen LogP contribution is -2.20. The third-order valence-electron chi connectivity index (χ3n) is 2.94. The molecule has 0 radical (unpaired) electrons. The van der Waals surface area contributed by atoms with Crippen molar-refractivity contribution in [2.45, 2.75) is 13.5 Å². The maximum atomic E-state index is 11.8. The van der Waals surface area contributed by atoms with Gasteiger partial charge >= 0.3 is 0 Å². The summed E-state index contributed by atoms with van der Waals surface area (Å²) in [7, 11) is 1.57. The van der Waals surface area contributed by atoms with Crippen molar-refractivity contribution in [3.63, 3.8) is 0 Å². The van der Waals surface area contributed by atoms with Crippen molar-refractivity contribution in [2.24, 2.45) is 0 Å². The fourth-order valence-electron chi connectivity index (χ4n) is 1.83. The van der Waals surface area contributed by atoms with Crippen LogP contribution in [0.15, 0.2) is 48.7 Å². The molecule has 1 aromatic heterocycles. The highest BCUT2D eigenvalue weighted by Crippen LogP contribution is 2.07. The van der Waals surface area contributed by atoms with Crippen LogP contribution in [0, 0.1) is 6.92 Å². The fraction of sp³-hybridized carbons (Fsp3) is 0.176. The Kier molecular flexibility index (Phi) is 5.10. The van der Waals surface area contributed by atoms with Gasteiger partial charge < -0.3 is 10.1 Å². The van der Waals surface area contributed by atoms with Crippen LogP contribution in [0.3, 0.4) is 0 Å². The predicted octanol–water partition coefficient (Wildman–Crippen LogP) is 2.73. The van der Waals surface area contributed by atoms with Crippen LogP contribution in [-0.2, 0) is 11.3 Å². The van der Waals surface area contributed by atoms with Crippen molar-refractivity contribution in [3.8, 4) is 5.88 Å². The van der Waals surface area contributed by atoms with Gasteiger partial charge in [-0.25, -0.2) is 4.98 Å². The Morgan fingerprint density at radius 1 is 1.33 bits per heavy atom. The van der Waals surface area contributed by atoms with E-state index in [4.69, 9.17) is 4.74 Å². The number of aryl methyl sites for hydroxylation is 1. The zero-order valence-electron chi connectivity index (χ0n) is 12.2. The minimum atomic E-state index is -0.132. The average molecular weight is 282 g/mol. The first-order chi connectivity index (χ1) is 10.2. The molecule has 0 saturated heterocycles. The van der Waals surface area contributed by atoms with E-state index in [0.29, 0.717) is 12.4 Å². The van der Waals surface area contributed by atoms with Gasteiger partial charge in [0.2, 0.25) is 11.8 Å². The van der Waals surface area contributed by atoms with E-state index < -0.39 is 0 Å². The molecule has 0 unspecified atom stereocenters. The van der Waals surface area contributed by atoms with E-state index in [-0.39, 0.29) is 5.91 Å². The number of rotatable bonds is 5. The number of aromatic nitrogens is 1. The summed E-state index contributed by atoms with van der Waals surface area (Å²) in [6, 6.07) is 11.6. The number of carbonyl (C=O) groups excluding carboxylic acids is 1. The quantitative estimate of drug-likeness (QED) is 0.858. The monoisotopic (exact) mass is 282 g/mol. The second kappa shape index (κ2) is 7.24. The Bertz CT molecular complexity index is 633. The number of carbonyl (C=O) groups is 1. The van der Waals surface area contributed by atoms with Gasteiger partial charge in [-0.1, -0.05) is 35.9 Å². The van der Waals surface area contributed by atoms with Crippen LogP contribution in [-0.4, -0.2) is 18.0 Å². The number of amides is 1. The summed E-state index contributed by atoms with van der Waals surface area (Å²) in [4.78, 5) is 15.8. The minimum Gasteiger partial charge on any atom is -0.481 e. The summed E-state index contributed by atoms with van der Waals surface area (Å²) >= 11 is 0. The molecule has 0 spiro atoms. The first-order valence-electron chi connectivity index (χ1n) is 6.69. The van der Waals surface area contributed by atoms with E-state index >= 15 is 0 Å². The van der Waals surface area contributed by atoms with E-state index in [0.717, 1.165) is 11.1 Å². The van der Waals surface area contributed by atoms with Gasteiger partial charge in [0.1, 0.15) is 0 Å². The SMILES string of the molecule is COc1ccc(CNC(=O)/C=C/c2cccc(C)c2)cn1. The zero-order valence-corrected chi connectivity index (χ0v) is 12.2. The number of nitrogens with zero attached hydrogens (tertiary/aromatic N) is 1. The Morgan fingerprint density at radius 2 is 2.19 bits per heavy atom. The van der Waals surface area contributed by atoms with Crippen molar-refractivity contribution in [2.75, 3.05) is 7.11 Å². The molecular weight excluding hydrogens is 264 g/mol. The predicted molar refractivity (Wildman–Crippen MR) is 82.8 cm³/mol. The second-order valence-corrected chi connectivity index (χ2v) is 4.67. The Balaban J connectivity index is 1.86. The van der Waals surface area contributed by atoms with Gasteiger partial charge in [-0.15, -0.1) is 0 Å². The number of hydrogen-bond donors (Lipinski definition) is 1. The topological polar surface area (TPSA) is 51.2 Å². The molecule has 0 atom stereocenters. The molecular formula is C17H18N2O2. The Hall–Kier alpha value is -2.62. The van der Waals surface area contributed by atoms with Crippen LogP contribution in [0.2, 0.25) is 0 Å². The summed E-state index contributed by atoms with van der Waals surface area (Å²) in [6.07, 6.45) is 5.02. The number of pyridine rings is 1. The Morgan fingerprint density at radius 3 is 2.86 bits per heavy atom. The smallest absolute Gasteiger partial charge is 0.244 e. The van der Waals surface area contributed by atoms with Crippen molar-refractivity contribution >= 4 is 12.0 Å². The molecule has 0 fully saturated rings. The van der Waals surface area contributed by atoms with E-state index in [1.54, 1.807) is 25.4 Å². The lowest BCUT2D eigenvalue weighted by atomic mass is 10.1. The molecule has 4 heteroatoms. The molecule has 2 rings (SSSR count). The average Bonchev–Trinajstić information content (AvgIpc) is 2.51. The molecule has 0 saturated carbocycles. The van der Waals surface area contributed by atoms with Crippen LogP contribution in [0.25, 0.3) is 6.08 Å². The maximum Gasteiger partial charge on any atom is 0.244 e. The van der Waals surface area contributed by atoms with E-state index in [9.17, 15) is 4.79 Å². The highest BCUT2D eigenvalue weighted by atomic mass is 16.5. The first kappa shape index (κ1) is 14.8. The number of hydrogen-bond acceptors (Lipinski definition) is 3. The molecule has 0 bridgehead atoms. The number of nitrogens with one attached hydrogen (secondary N) is 1. The number of ether oxygens (including phenoxy) is 1. The molecule has 0 aliphatic carbocycles. The molecule has 2 aromatic rings. The molecule has 1 N–H and O–H groups in total. The largest absolute Gasteiger partial charge is 0.481 e. The van der Waals surface area contributed by atoms with Gasteiger partial charge in [-0.05, 0) is 24.1 Å². The zero-order chi connectivity index (χ0) is 15.1. The van der Waals surface area contributed by atoms with Crippen LogP contribution in [0.4, 0.5) is 0 Å². The highest BCUT2D eigenvalue weighted by Gasteiger charge is 1.98. The summed E-state index contributed by atoms with van der Waals surface area (Å²) in [5, 5.41) is 2.81. The molecule has 21 heavy (non-hydrogen) atoms. The third kappa shape index (κ3) is 4.76. The standard InChI is InChI=1S/C17H18N2O2/c1-13-4-3-5-14(10-13)6-8-16(20)18-11-15-7-9-17(21-2)19-12-15/h3-10,12H,11H2,1-2H3,(H,18,20)/b8-6+. The maximum absolute atomic E-state index is 11.8. The molecule has 1 heterocycles. The fourth-order valence-corrected chi connectivity index (χ4v) is 1.83. The molecule has 1 amide bonds. The minimum absolute atomic E-state index is 0.132. The molecule has 4 nitrogen and oxygen atoms in total. The summed E-state index contributed by atoms with van der Waals surface area (Å²) in [5.74, 6) is 0.428. The van der Waals surface area contributed by atoms with Gasteiger partial charge in [-0.3, -0.25) is 4.79 Å². The number of benzene rings is 1. The van der Waals surface area contributed by atoms with Crippen molar-refractivity contribution < 1.29 is 9.53 Å². The molecule has 0 aliphatic rings. The summed E-state index contributed by atoms with van der Waals surface area (Å²) in [5.41, 5.74) is 3.10. The van der Waals surface area contributed by atoms with Gasteiger partial charge in [0, 0.05) is 24.9 Å². The Labute approximate surface area is 124 Å². The lowest BCUT2D eigenvalue weighted by molar-refractivity contribution is -0.116. The lowest BCUT2D eigenvalue weighted by Gasteiger charge is -2.03. The van der Waals surface area contributed by atoms with Gasteiger partial charge in [0.05, 0.1) is 7.11 Å². The van der Waals surface area contributed by atoms with Crippen molar-refractivity contribution in [1.82, 2.24) is 10.3 Å². The van der Waals surface area contributed by atoms with Crippen LogP contribution < -0.4 is 10.1 Å². The van der Waals surface area contributed by atoms with Crippen molar-refractivity contribution in [1.29, 1.82) is 0 Å². The second-order valence-electron chi connectivity index (χ2n) is 4.67. The molecule has 108 valence electrons. The van der Waals surface area contributed by atoms with E-state index in [1.807, 2.05) is 37.3 Å².